The Kier molecular flexibility index (Phi) is 5.61. The van der Waals surface area contributed by atoms with Gasteiger partial charge >= 0.3 is 0 Å². The van der Waals surface area contributed by atoms with Crippen LogP contribution in [-0.2, 0) is 11.3 Å². The van der Waals surface area contributed by atoms with Gasteiger partial charge < -0.3 is 14.8 Å². The van der Waals surface area contributed by atoms with Crippen LogP contribution in [-0.4, -0.2) is 30.8 Å². The van der Waals surface area contributed by atoms with Crippen LogP contribution >= 0.6 is 0 Å². The smallest absolute Gasteiger partial charge is 0.122 e. The van der Waals surface area contributed by atoms with Gasteiger partial charge in [0.2, 0.25) is 0 Å². The minimum absolute atomic E-state index is 0.570. The van der Waals surface area contributed by atoms with Crippen molar-refractivity contribution in [3.63, 3.8) is 0 Å². The van der Waals surface area contributed by atoms with Crippen molar-refractivity contribution in [3.8, 4) is 5.75 Å². The van der Waals surface area contributed by atoms with Crippen molar-refractivity contribution in [1.82, 2.24) is 10.3 Å². The first-order valence-electron chi connectivity index (χ1n) is 7.13. The molecule has 1 saturated carbocycles. The van der Waals surface area contributed by atoms with Crippen LogP contribution < -0.4 is 10.1 Å². The molecule has 19 heavy (non-hydrogen) atoms. The molecule has 0 amide bonds. The van der Waals surface area contributed by atoms with Gasteiger partial charge in [-0.25, -0.2) is 0 Å². The number of nitrogens with zero attached hydrogens (tertiary/aromatic N) is 1. The summed E-state index contributed by atoms with van der Waals surface area (Å²) in [5.41, 5.74) is 1.03. The summed E-state index contributed by atoms with van der Waals surface area (Å²) >= 11 is 0. The lowest BCUT2D eigenvalue weighted by Crippen LogP contribution is -2.16. The topological polar surface area (TPSA) is 43.4 Å². The zero-order chi connectivity index (χ0) is 13.5. The van der Waals surface area contributed by atoms with Crippen molar-refractivity contribution in [1.29, 1.82) is 0 Å². The Morgan fingerprint density at radius 3 is 2.95 bits per heavy atom. The lowest BCUT2D eigenvalue weighted by molar-refractivity contribution is 0.0818. The highest BCUT2D eigenvalue weighted by Crippen LogP contribution is 2.19. The fourth-order valence-electron chi connectivity index (χ4n) is 1.72. The van der Waals surface area contributed by atoms with Crippen LogP contribution in [0.25, 0.3) is 0 Å². The van der Waals surface area contributed by atoms with E-state index in [0.717, 1.165) is 24.6 Å². The third kappa shape index (κ3) is 6.03. The van der Waals surface area contributed by atoms with E-state index in [0.29, 0.717) is 25.2 Å². The third-order valence-corrected chi connectivity index (χ3v) is 2.88. The molecule has 1 aromatic heterocycles. The van der Waals surface area contributed by atoms with E-state index in [4.69, 9.17) is 9.47 Å². The van der Waals surface area contributed by atoms with Crippen molar-refractivity contribution < 1.29 is 9.47 Å². The summed E-state index contributed by atoms with van der Waals surface area (Å²) in [5.74, 6) is 1.44. The zero-order valence-electron chi connectivity index (χ0n) is 11.9. The fourth-order valence-corrected chi connectivity index (χ4v) is 1.72. The van der Waals surface area contributed by atoms with Crippen LogP contribution in [0.1, 0.15) is 32.4 Å². The summed E-state index contributed by atoms with van der Waals surface area (Å²) in [7, 11) is 0. The van der Waals surface area contributed by atoms with Crippen LogP contribution in [0.4, 0.5) is 0 Å². The maximum absolute atomic E-state index is 5.66. The van der Waals surface area contributed by atoms with Gasteiger partial charge in [0.15, 0.2) is 0 Å². The summed E-state index contributed by atoms with van der Waals surface area (Å²) < 4.78 is 11.1. The third-order valence-electron chi connectivity index (χ3n) is 2.88. The molecule has 0 unspecified atom stereocenters. The van der Waals surface area contributed by atoms with Gasteiger partial charge in [-0.15, -0.1) is 0 Å². The quantitative estimate of drug-likeness (QED) is 0.695. The normalized spacial score (nSPS) is 14.9. The zero-order valence-corrected chi connectivity index (χ0v) is 11.9. The number of aromatic nitrogens is 1. The number of hydrogen-bond donors (Lipinski definition) is 1. The molecule has 4 nitrogen and oxygen atoms in total. The van der Waals surface area contributed by atoms with Crippen molar-refractivity contribution in [2.24, 2.45) is 5.92 Å². The molecule has 106 valence electrons. The molecule has 0 bridgehead atoms. The van der Waals surface area contributed by atoms with E-state index in [1.54, 1.807) is 6.20 Å². The largest absolute Gasteiger partial charge is 0.491 e. The van der Waals surface area contributed by atoms with Gasteiger partial charge in [-0.2, -0.15) is 0 Å². The number of ether oxygens (including phenoxy) is 2. The molecule has 1 aliphatic carbocycles. The molecule has 0 aromatic carbocycles. The number of hydrogen-bond acceptors (Lipinski definition) is 4. The lowest BCUT2D eigenvalue weighted by atomic mass is 10.2. The van der Waals surface area contributed by atoms with E-state index in [-0.39, 0.29) is 0 Å². The average Bonchev–Trinajstić information content (AvgIpc) is 3.20. The average molecular weight is 264 g/mol. The van der Waals surface area contributed by atoms with Crippen LogP contribution in [0, 0.1) is 5.92 Å². The molecule has 1 fully saturated rings. The van der Waals surface area contributed by atoms with E-state index in [1.165, 1.54) is 12.8 Å². The van der Waals surface area contributed by atoms with Gasteiger partial charge in [-0.05, 0) is 24.8 Å². The van der Waals surface area contributed by atoms with E-state index in [2.05, 4.69) is 24.1 Å². The second-order valence-corrected chi connectivity index (χ2v) is 5.46. The predicted molar refractivity (Wildman–Crippen MR) is 75.3 cm³/mol. The first-order chi connectivity index (χ1) is 9.24. The molecule has 2 rings (SSSR count). The Labute approximate surface area is 115 Å². The number of pyridine rings is 1. The number of rotatable bonds is 9. The molecule has 1 N–H and O–H groups in total. The standard InChI is InChI=1S/C15H24N2O2/c1-12(2)11-18-7-8-19-15-5-6-16-14(9-15)10-17-13-3-4-13/h5-6,9,12-13,17H,3-4,7-8,10-11H2,1-2H3. The highest BCUT2D eigenvalue weighted by Gasteiger charge is 2.20. The van der Waals surface area contributed by atoms with E-state index >= 15 is 0 Å². The maximum atomic E-state index is 5.66. The Morgan fingerprint density at radius 1 is 1.37 bits per heavy atom. The van der Waals surface area contributed by atoms with Gasteiger partial charge in [0, 0.05) is 31.5 Å². The van der Waals surface area contributed by atoms with E-state index in [9.17, 15) is 0 Å². The molecule has 0 saturated heterocycles. The summed E-state index contributed by atoms with van der Waals surface area (Å²) in [5, 5.41) is 3.45. The van der Waals surface area contributed by atoms with Gasteiger partial charge in [-0.1, -0.05) is 13.8 Å². The van der Waals surface area contributed by atoms with Crippen molar-refractivity contribution in [2.45, 2.75) is 39.3 Å². The molecule has 4 heteroatoms. The Hall–Kier alpha value is -1.13. The van der Waals surface area contributed by atoms with Crippen LogP contribution in [0.15, 0.2) is 18.3 Å². The molecule has 0 atom stereocenters. The SMILES string of the molecule is CC(C)COCCOc1ccnc(CNC2CC2)c1. The van der Waals surface area contributed by atoms with Gasteiger partial charge in [0.1, 0.15) is 12.4 Å². The summed E-state index contributed by atoms with van der Waals surface area (Å²) in [6, 6.07) is 4.59. The summed E-state index contributed by atoms with van der Waals surface area (Å²) in [6.07, 6.45) is 4.39. The minimum atomic E-state index is 0.570. The molecular weight excluding hydrogens is 240 g/mol. The highest BCUT2D eigenvalue weighted by atomic mass is 16.5. The van der Waals surface area contributed by atoms with Crippen molar-refractivity contribution >= 4 is 0 Å². The second kappa shape index (κ2) is 7.46. The fraction of sp³-hybridized carbons (Fsp3) is 0.667. The first kappa shape index (κ1) is 14.3. The van der Waals surface area contributed by atoms with Gasteiger partial charge in [-0.3, -0.25) is 4.98 Å². The molecule has 1 aromatic rings. The maximum Gasteiger partial charge on any atom is 0.122 e. The Balaban J connectivity index is 1.65. The molecule has 0 aliphatic heterocycles. The predicted octanol–water partition coefficient (Wildman–Crippen LogP) is 2.39. The monoisotopic (exact) mass is 264 g/mol. The molecular formula is C15H24N2O2. The van der Waals surface area contributed by atoms with Gasteiger partial charge in [0.25, 0.3) is 0 Å². The lowest BCUT2D eigenvalue weighted by Gasteiger charge is -2.09. The van der Waals surface area contributed by atoms with Crippen molar-refractivity contribution in [2.75, 3.05) is 19.8 Å². The van der Waals surface area contributed by atoms with Crippen LogP contribution in [0.3, 0.4) is 0 Å². The number of nitrogens with one attached hydrogen (secondary N) is 1. The minimum Gasteiger partial charge on any atom is -0.491 e. The molecule has 1 heterocycles. The summed E-state index contributed by atoms with van der Waals surface area (Å²) in [4.78, 5) is 4.33. The Morgan fingerprint density at radius 2 is 2.21 bits per heavy atom. The molecule has 0 radical (unpaired) electrons. The first-order valence-corrected chi connectivity index (χ1v) is 7.13. The van der Waals surface area contributed by atoms with E-state index in [1.807, 2.05) is 12.1 Å². The van der Waals surface area contributed by atoms with Crippen LogP contribution in [0.2, 0.25) is 0 Å². The molecule has 0 spiro atoms. The van der Waals surface area contributed by atoms with Crippen molar-refractivity contribution in [3.05, 3.63) is 24.0 Å². The van der Waals surface area contributed by atoms with E-state index < -0.39 is 0 Å². The Bertz CT molecular complexity index is 378. The second-order valence-electron chi connectivity index (χ2n) is 5.46. The van der Waals surface area contributed by atoms with Gasteiger partial charge in [0.05, 0.1) is 12.3 Å². The highest BCUT2D eigenvalue weighted by molar-refractivity contribution is 5.22. The summed E-state index contributed by atoms with van der Waals surface area (Å²) in [6.45, 7) is 7.12. The molecule has 1 aliphatic rings. The van der Waals surface area contributed by atoms with Crippen LogP contribution in [0.5, 0.6) is 5.75 Å².